The zero-order valence-corrected chi connectivity index (χ0v) is 10.2. The van der Waals surface area contributed by atoms with Gasteiger partial charge in [-0.1, -0.05) is 18.6 Å². The summed E-state index contributed by atoms with van der Waals surface area (Å²) in [6.07, 6.45) is -3.52. The molecular formula is C14H14F4O. The summed E-state index contributed by atoms with van der Waals surface area (Å²) in [6.45, 7) is 0. The van der Waals surface area contributed by atoms with E-state index in [0.717, 1.165) is 6.07 Å². The predicted octanol–water partition coefficient (Wildman–Crippen LogP) is 4.38. The summed E-state index contributed by atoms with van der Waals surface area (Å²) >= 11 is 0. The molecule has 1 aliphatic carbocycles. The number of rotatable bonds is 2. The zero-order valence-electron chi connectivity index (χ0n) is 10.2. The molecule has 0 heterocycles. The van der Waals surface area contributed by atoms with Crippen molar-refractivity contribution in [1.82, 2.24) is 0 Å². The molecule has 0 N–H and O–H groups in total. The maximum atomic E-state index is 13.0. The van der Waals surface area contributed by atoms with Crippen LogP contribution in [0.25, 0.3) is 0 Å². The molecule has 2 rings (SSSR count). The molecule has 0 aromatic heterocycles. The molecule has 0 bridgehead atoms. The molecule has 1 aromatic rings. The quantitative estimate of drug-likeness (QED) is 0.578. The summed E-state index contributed by atoms with van der Waals surface area (Å²) in [5.41, 5.74) is 0.160. The number of hydrogen-bond acceptors (Lipinski definition) is 1. The Bertz CT molecular complexity index is 467. The largest absolute Gasteiger partial charge is 0.391 e. The molecule has 1 aliphatic rings. The molecule has 0 aliphatic heterocycles. The number of ketones is 1. The van der Waals surface area contributed by atoms with E-state index in [-0.39, 0.29) is 24.2 Å². The first-order valence-corrected chi connectivity index (χ1v) is 6.24. The van der Waals surface area contributed by atoms with Crippen molar-refractivity contribution in [2.75, 3.05) is 0 Å². The van der Waals surface area contributed by atoms with Crippen molar-refractivity contribution < 1.29 is 22.4 Å². The Hall–Kier alpha value is -1.39. The van der Waals surface area contributed by atoms with Crippen LogP contribution in [0.2, 0.25) is 0 Å². The Morgan fingerprint density at radius 2 is 1.95 bits per heavy atom. The van der Waals surface area contributed by atoms with Crippen molar-refractivity contribution in [3.63, 3.8) is 0 Å². The molecule has 5 heteroatoms. The van der Waals surface area contributed by atoms with Crippen LogP contribution in [-0.4, -0.2) is 12.0 Å². The highest BCUT2D eigenvalue weighted by atomic mass is 19.4. The Morgan fingerprint density at radius 1 is 1.21 bits per heavy atom. The third-order valence-electron chi connectivity index (χ3n) is 3.62. The summed E-state index contributed by atoms with van der Waals surface area (Å²) < 4.78 is 51.0. The van der Waals surface area contributed by atoms with Gasteiger partial charge in [-0.15, -0.1) is 0 Å². The van der Waals surface area contributed by atoms with E-state index in [1.807, 2.05) is 0 Å². The van der Waals surface area contributed by atoms with Crippen molar-refractivity contribution >= 4 is 5.78 Å². The minimum Gasteiger partial charge on any atom is -0.294 e. The van der Waals surface area contributed by atoms with E-state index < -0.39 is 23.8 Å². The lowest BCUT2D eigenvalue weighted by Gasteiger charge is -2.29. The van der Waals surface area contributed by atoms with Crippen LogP contribution in [0.1, 0.15) is 36.0 Å². The fourth-order valence-electron chi connectivity index (χ4n) is 2.60. The van der Waals surface area contributed by atoms with E-state index in [9.17, 15) is 22.4 Å². The fraction of sp³-hybridized carbons (Fsp3) is 0.500. The monoisotopic (exact) mass is 274 g/mol. The molecule has 1 saturated carbocycles. The standard InChI is InChI=1S/C14H14F4O/c15-12-6-2-4-10(8-12)13(19)9-3-1-5-11(7-9)14(16,17)18/h2,4,6,8-9,11H,1,3,5,7H2. The summed E-state index contributed by atoms with van der Waals surface area (Å²) in [4.78, 5) is 12.1. The van der Waals surface area contributed by atoms with Gasteiger partial charge in [-0.25, -0.2) is 4.39 Å². The number of carbonyl (C=O) groups is 1. The highest BCUT2D eigenvalue weighted by molar-refractivity contribution is 5.97. The lowest BCUT2D eigenvalue weighted by atomic mass is 9.77. The minimum absolute atomic E-state index is 0.0798. The average Bonchev–Trinajstić information content (AvgIpc) is 2.37. The molecular weight excluding hydrogens is 260 g/mol. The molecule has 0 amide bonds. The van der Waals surface area contributed by atoms with Crippen molar-refractivity contribution in [2.24, 2.45) is 11.8 Å². The van der Waals surface area contributed by atoms with Crippen LogP contribution in [-0.2, 0) is 0 Å². The average molecular weight is 274 g/mol. The van der Waals surface area contributed by atoms with Gasteiger partial charge in [0.1, 0.15) is 5.82 Å². The fourth-order valence-corrected chi connectivity index (χ4v) is 2.60. The highest BCUT2D eigenvalue weighted by Gasteiger charge is 2.43. The number of carbonyl (C=O) groups excluding carboxylic acids is 1. The number of hydrogen-bond donors (Lipinski definition) is 0. The predicted molar refractivity (Wildman–Crippen MR) is 62.2 cm³/mol. The van der Waals surface area contributed by atoms with Gasteiger partial charge in [0.15, 0.2) is 5.78 Å². The molecule has 104 valence electrons. The van der Waals surface area contributed by atoms with E-state index in [4.69, 9.17) is 0 Å². The second-order valence-corrected chi connectivity index (χ2v) is 4.98. The van der Waals surface area contributed by atoms with Crippen molar-refractivity contribution in [3.05, 3.63) is 35.6 Å². The van der Waals surface area contributed by atoms with Gasteiger partial charge in [0, 0.05) is 11.5 Å². The molecule has 1 aromatic carbocycles. The van der Waals surface area contributed by atoms with Crippen LogP contribution in [0.15, 0.2) is 24.3 Å². The van der Waals surface area contributed by atoms with Crippen LogP contribution >= 0.6 is 0 Å². The van der Waals surface area contributed by atoms with Crippen molar-refractivity contribution in [2.45, 2.75) is 31.9 Å². The Labute approximate surface area is 108 Å². The first-order valence-electron chi connectivity index (χ1n) is 6.24. The molecule has 2 atom stereocenters. The number of alkyl halides is 3. The summed E-state index contributed by atoms with van der Waals surface area (Å²) in [6, 6.07) is 5.13. The molecule has 2 unspecified atom stereocenters. The van der Waals surface area contributed by atoms with Gasteiger partial charge in [0.2, 0.25) is 0 Å². The van der Waals surface area contributed by atoms with Crippen LogP contribution in [0.3, 0.4) is 0 Å². The topological polar surface area (TPSA) is 17.1 Å². The maximum Gasteiger partial charge on any atom is 0.391 e. The molecule has 0 spiro atoms. The van der Waals surface area contributed by atoms with Crippen LogP contribution in [0.5, 0.6) is 0 Å². The highest BCUT2D eigenvalue weighted by Crippen LogP contribution is 2.40. The van der Waals surface area contributed by atoms with E-state index in [1.54, 1.807) is 0 Å². The van der Waals surface area contributed by atoms with Crippen LogP contribution in [0.4, 0.5) is 17.6 Å². The normalized spacial score (nSPS) is 24.2. The zero-order chi connectivity index (χ0) is 14.0. The Morgan fingerprint density at radius 3 is 2.58 bits per heavy atom. The third-order valence-corrected chi connectivity index (χ3v) is 3.62. The summed E-state index contributed by atoms with van der Waals surface area (Å²) in [7, 11) is 0. The van der Waals surface area contributed by atoms with E-state index in [2.05, 4.69) is 0 Å². The second kappa shape index (κ2) is 5.31. The molecule has 0 radical (unpaired) electrons. The first kappa shape index (κ1) is 14.0. The lowest BCUT2D eigenvalue weighted by molar-refractivity contribution is -0.184. The van der Waals surface area contributed by atoms with Gasteiger partial charge < -0.3 is 0 Å². The van der Waals surface area contributed by atoms with Gasteiger partial charge in [-0.05, 0) is 31.4 Å². The SMILES string of the molecule is O=C(c1cccc(F)c1)C1CCCC(C(F)(F)F)C1. The molecule has 0 saturated heterocycles. The molecule has 1 nitrogen and oxygen atoms in total. The third kappa shape index (κ3) is 3.33. The van der Waals surface area contributed by atoms with E-state index in [0.29, 0.717) is 12.8 Å². The number of Topliss-reactive ketones (excluding diaryl/α,β-unsaturated/α-hetero) is 1. The Balaban J connectivity index is 2.11. The van der Waals surface area contributed by atoms with Gasteiger partial charge >= 0.3 is 6.18 Å². The Kier molecular flexibility index (Phi) is 3.92. The second-order valence-electron chi connectivity index (χ2n) is 4.98. The van der Waals surface area contributed by atoms with Gasteiger partial charge in [-0.2, -0.15) is 13.2 Å². The molecule has 19 heavy (non-hydrogen) atoms. The number of halogens is 4. The van der Waals surface area contributed by atoms with Crippen LogP contribution < -0.4 is 0 Å². The maximum absolute atomic E-state index is 13.0. The number of benzene rings is 1. The lowest BCUT2D eigenvalue weighted by Crippen LogP contribution is -2.31. The van der Waals surface area contributed by atoms with Crippen molar-refractivity contribution in [1.29, 1.82) is 0 Å². The van der Waals surface area contributed by atoms with E-state index >= 15 is 0 Å². The van der Waals surface area contributed by atoms with Crippen molar-refractivity contribution in [3.8, 4) is 0 Å². The van der Waals surface area contributed by atoms with Gasteiger partial charge in [0.25, 0.3) is 0 Å². The smallest absolute Gasteiger partial charge is 0.294 e. The summed E-state index contributed by atoms with van der Waals surface area (Å²) in [5.74, 6) is -2.99. The molecule has 1 fully saturated rings. The van der Waals surface area contributed by atoms with Gasteiger partial charge in [0.05, 0.1) is 5.92 Å². The van der Waals surface area contributed by atoms with Crippen LogP contribution in [0, 0.1) is 17.7 Å². The minimum atomic E-state index is -4.25. The summed E-state index contributed by atoms with van der Waals surface area (Å²) in [5, 5.41) is 0. The van der Waals surface area contributed by atoms with E-state index in [1.165, 1.54) is 18.2 Å². The first-order chi connectivity index (χ1) is 8.88. The van der Waals surface area contributed by atoms with Gasteiger partial charge in [-0.3, -0.25) is 4.79 Å².